The van der Waals surface area contributed by atoms with Crippen LogP contribution >= 0.6 is 62.1 Å². The SMILES string of the molecule is C[C@@H](Cl)C(=O)Nc1nc(Br)sc1Cc1cc(Cl)ccc1Cl. The number of halogens is 4. The van der Waals surface area contributed by atoms with Gasteiger partial charge in [0, 0.05) is 16.5 Å². The van der Waals surface area contributed by atoms with E-state index in [-0.39, 0.29) is 5.91 Å². The van der Waals surface area contributed by atoms with Gasteiger partial charge in [0.15, 0.2) is 3.92 Å². The smallest absolute Gasteiger partial charge is 0.243 e. The molecule has 1 N–H and O–H groups in total. The van der Waals surface area contributed by atoms with Crippen LogP contribution in [0, 0.1) is 0 Å². The van der Waals surface area contributed by atoms with Crippen molar-refractivity contribution in [3.05, 3.63) is 42.6 Å². The summed E-state index contributed by atoms with van der Waals surface area (Å²) in [5.74, 6) is 0.188. The molecule has 2 aromatic rings. The fourth-order valence-electron chi connectivity index (χ4n) is 1.61. The van der Waals surface area contributed by atoms with Crippen LogP contribution in [-0.4, -0.2) is 16.3 Å². The molecule has 0 spiro atoms. The van der Waals surface area contributed by atoms with E-state index in [2.05, 4.69) is 26.2 Å². The molecule has 3 nitrogen and oxygen atoms in total. The van der Waals surface area contributed by atoms with Crippen molar-refractivity contribution in [2.24, 2.45) is 0 Å². The number of hydrogen-bond acceptors (Lipinski definition) is 3. The van der Waals surface area contributed by atoms with Gasteiger partial charge in [-0.15, -0.1) is 22.9 Å². The Morgan fingerprint density at radius 2 is 2.19 bits per heavy atom. The highest BCUT2D eigenvalue weighted by molar-refractivity contribution is 9.11. The van der Waals surface area contributed by atoms with Crippen LogP contribution in [-0.2, 0) is 11.2 Å². The molecule has 0 aliphatic rings. The molecule has 1 amide bonds. The van der Waals surface area contributed by atoms with E-state index in [1.54, 1.807) is 25.1 Å². The van der Waals surface area contributed by atoms with Gasteiger partial charge >= 0.3 is 0 Å². The minimum absolute atomic E-state index is 0.298. The third kappa shape index (κ3) is 4.57. The summed E-state index contributed by atoms with van der Waals surface area (Å²) in [5, 5.41) is 3.30. The molecule has 1 aromatic carbocycles. The second-order valence-electron chi connectivity index (χ2n) is 4.26. The van der Waals surface area contributed by atoms with Gasteiger partial charge in [-0.3, -0.25) is 4.79 Å². The van der Waals surface area contributed by atoms with Crippen LogP contribution in [0.1, 0.15) is 17.4 Å². The van der Waals surface area contributed by atoms with E-state index in [1.165, 1.54) is 11.3 Å². The van der Waals surface area contributed by atoms with E-state index in [4.69, 9.17) is 34.8 Å². The van der Waals surface area contributed by atoms with E-state index in [1.807, 2.05) is 0 Å². The number of nitrogens with one attached hydrogen (secondary N) is 1. The molecule has 8 heteroatoms. The number of carbonyl (C=O) groups excluding carboxylic acids is 1. The maximum atomic E-state index is 11.7. The minimum atomic E-state index is -0.631. The summed E-state index contributed by atoms with van der Waals surface area (Å²) >= 11 is 22.7. The molecule has 2 rings (SSSR count). The molecule has 0 aliphatic carbocycles. The number of thiazole rings is 1. The number of aromatic nitrogens is 1. The van der Waals surface area contributed by atoms with Crippen LogP contribution in [0.4, 0.5) is 5.82 Å². The molecule has 0 bridgehead atoms. The van der Waals surface area contributed by atoms with Crippen molar-refractivity contribution in [2.45, 2.75) is 18.7 Å². The fourth-order valence-corrected chi connectivity index (χ4v) is 3.57. The number of alkyl halides is 1. The average molecular weight is 429 g/mol. The van der Waals surface area contributed by atoms with Crippen molar-refractivity contribution < 1.29 is 4.79 Å². The summed E-state index contributed by atoms with van der Waals surface area (Å²) < 4.78 is 0.674. The number of nitrogens with zero attached hydrogens (tertiary/aromatic N) is 1. The van der Waals surface area contributed by atoms with Crippen molar-refractivity contribution in [2.75, 3.05) is 5.32 Å². The number of benzene rings is 1. The highest BCUT2D eigenvalue weighted by Gasteiger charge is 2.17. The molecular formula is C13H10BrCl3N2OS. The maximum absolute atomic E-state index is 11.7. The Kier molecular flexibility index (Phi) is 5.91. The highest BCUT2D eigenvalue weighted by atomic mass is 79.9. The standard InChI is InChI=1S/C13H10BrCl3N2OS/c1-6(15)12(20)18-11-10(21-13(14)19-11)5-7-4-8(16)2-3-9(7)17/h2-4,6H,5H2,1H3,(H,18,20)/t6-/m1/s1. The van der Waals surface area contributed by atoms with Crippen LogP contribution in [0.2, 0.25) is 10.0 Å². The van der Waals surface area contributed by atoms with Gasteiger partial charge in [0.2, 0.25) is 5.91 Å². The van der Waals surface area contributed by atoms with Crippen LogP contribution in [0.25, 0.3) is 0 Å². The zero-order valence-corrected chi connectivity index (χ0v) is 15.5. The van der Waals surface area contributed by atoms with Crippen molar-refractivity contribution in [3.8, 4) is 0 Å². The molecule has 0 saturated carbocycles. The monoisotopic (exact) mass is 426 g/mol. The summed E-state index contributed by atoms with van der Waals surface area (Å²) in [7, 11) is 0. The largest absolute Gasteiger partial charge is 0.308 e. The van der Waals surface area contributed by atoms with Crippen molar-refractivity contribution in [1.82, 2.24) is 4.98 Å². The lowest BCUT2D eigenvalue weighted by atomic mass is 10.1. The Labute approximate surface area is 149 Å². The molecule has 0 saturated heterocycles. The predicted octanol–water partition coefficient (Wildman–Crippen LogP) is 5.37. The maximum Gasteiger partial charge on any atom is 0.243 e. The second kappa shape index (κ2) is 7.29. The number of anilines is 1. The molecule has 1 heterocycles. The topological polar surface area (TPSA) is 42.0 Å². The first-order chi connectivity index (χ1) is 9.86. The predicted molar refractivity (Wildman–Crippen MR) is 93.0 cm³/mol. The Balaban J connectivity index is 2.28. The van der Waals surface area contributed by atoms with E-state index < -0.39 is 5.38 Å². The lowest BCUT2D eigenvalue weighted by molar-refractivity contribution is -0.115. The first-order valence-electron chi connectivity index (χ1n) is 5.91. The van der Waals surface area contributed by atoms with Gasteiger partial charge in [-0.25, -0.2) is 4.98 Å². The van der Waals surface area contributed by atoms with E-state index in [0.29, 0.717) is 26.2 Å². The van der Waals surface area contributed by atoms with Crippen LogP contribution < -0.4 is 5.32 Å². The van der Waals surface area contributed by atoms with Gasteiger partial charge in [0.05, 0.1) is 4.88 Å². The quantitative estimate of drug-likeness (QED) is 0.666. The molecule has 0 unspecified atom stereocenters. The number of amides is 1. The normalized spacial score (nSPS) is 12.2. The van der Waals surface area contributed by atoms with Gasteiger partial charge < -0.3 is 5.32 Å². The van der Waals surface area contributed by atoms with Gasteiger partial charge in [-0.05, 0) is 46.6 Å². The van der Waals surface area contributed by atoms with Gasteiger partial charge in [-0.2, -0.15) is 0 Å². The minimum Gasteiger partial charge on any atom is -0.308 e. The molecule has 1 atom stereocenters. The second-order valence-corrected chi connectivity index (χ2v) is 8.11. The van der Waals surface area contributed by atoms with Crippen molar-refractivity contribution in [3.63, 3.8) is 0 Å². The molecule has 1 aromatic heterocycles. The lowest BCUT2D eigenvalue weighted by Gasteiger charge is -2.07. The first-order valence-corrected chi connectivity index (χ1v) is 8.71. The van der Waals surface area contributed by atoms with Crippen LogP contribution in [0.3, 0.4) is 0 Å². The summed E-state index contributed by atoms with van der Waals surface area (Å²) in [6, 6.07) is 5.27. The van der Waals surface area contributed by atoms with Crippen LogP contribution in [0.5, 0.6) is 0 Å². The molecule has 21 heavy (non-hydrogen) atoms. The summed E-state index contributed by atoms with van der Waals surface area (Å²) in [5.41, 5.74) is 0.870. The van der Waals surface area contributed by atoms with Gasteiger partial charge in [-0.1, -0.05) is 23.2 Å². The third-order valence-electron chi connectivity index (χ3n) is 2.63. The lowest BCUT2D eigenvalue weighted by Crippen LogP contribution is -2.21. The van der Waals surface area contributed by atoms with E-state index in [9.17, 15) is 4.79 Å². The van der Waals surface area contributed by atoms with Crippen molar-refractivity contribution >= 4 is 73.8 Å². The number of carbonyl (C=O) groups is 1. The average Bonchev–Trinajstić information content (AvgIpc) is 2.73. The Morgan fingerprint density at radius 3 is 2.86 bits per heavy atom. The highest BCUT2D eigenvalue weighted by Crippen LogP contribution is 2.32. The zero-order valence-electron chi connectivity index (χ0n) is 10.8. The van der Waals surface area contributed by atoms with E-state index in [0.717, 1.165) is 10.4 Å². The van der Waals surface area contributed by atoms with Crippen molar-refractivity contribution in [1.29, 1.82) is 0 Å². The summed E-state index contributed by atoms with van der Waals surface area (Å²) in [4.78, 5) is 16.8. The Hall–Kier alpha value is -0.330. The zero-order chi connectivity index (χ0) is 15.6. The number of rotatable bonds is 4. The number of hydrogen-bond donors (Lipinski definition) is 1. The van der Waals surface area contributed by atoms with Crippen LogP contribution in [0.15, 0.2) is 22.1 Å². The molecule has 112 valence electrons. The molecule has 0 fully saturated rings. The summed E-state index contributed by atoms with van der Waals surface area (Å²) in [6.45, 7) is 1.60. The Bertz CT molecular complexity index is 675. The molecular weight excluding hydrogens is 418 g/mol. The third-order valence-corrected chi connectivity index (χ3v) is 4.94. The summed E-state index contributed by atoms with van der Waals surface area (Å²) in [6.07, 6.45) is 0.523. The molecule has 0 aliphatic heterocycles. The fraction of sp³-hybridized carbons (Fsp3) is 0.231. The van der Waals surface area contributed by atoms with Gasteiger partial charge in [0.25, 0.3) is 0 Å². The van der Waals surface area contributed by atoms with Gasteiger partial charge in [0.1, 0.15) is 11.2 Å². The van der Waals surface area contributed by atoms with E-state index >= 15 is 0 Å². The first kappa shape index (κ1) is 17.0. The molecule has 0 radical (unpaired) electrons. The Morgan fingerprint density at radius 1 is 1.48 bits per heavy atom.